The van der Waals surface area contributed by atoms with Gasteiger partial charge < -0.3 is 0 Å². The van der Waals surface area contributed by atoms with E-state index in [9.17, 15) is 0 Å². The van der Waals surface area contributed by atoms with E-state index in [2.05, 4.69) is 152 Å². The summed E-state index contributed by atoms with van der Waals surface area (Å²) in [5, 5.41) is 9.13. The van der Waals surface area contributed by atoms with Crippen molar-refractivity contribution in [2.75, 3.05) is 0 Å². The zero-order chi connectivity index (χ0) is 33.0. The number of fused-ring (bicyclic) bond motifs is 6. The summed E-state index contributed by atoms with van der Waals surface area (Å²) < 4.78 is 0. The molecule has 0 unspecified atom stereocenters. The predicted molar refractivity (Wildman–Crippen MR) is 207 cm³/mol. The summed E-state index contributed by atoms with van der Waals surface area (Å²) in [6.07, 6.45) is 0. The summed E-state index contributed by atoms with van der Waals surface area (Å²) in [5.74, 6) is 1.40. The highest BCUT2D eigenvalue weighted by molar-refractivity contribution is 6.13. The van der Waals surface area contributed by atoms with Crippen LogP contribution in [0, 0.1) is 0 Å². The number of hydrogen-bond acceptors (Lipinski definition) is 4. The van der Waals surface area contributed by atoms with E-state index in [1.165, 1.54) is 26.9 Å². The molecule has 2 aromatic heterocycles. The molecule has 0 spiro atoms. The van der Waals surface area contributed by atoms with Crippen LogP contribution in [0.5, 0.6) is 0 Å². The molecule has 50 heavy (non-hydrogen) atoms. The Labute approximate surface area is 288 Å². The molecule has 0 N–H and O–H groups in total. The molecule has 4 heteroatoms. The Morgan fingerprint density at radius 1 is 0.280 bits per heavy atom. The van der Waals surface area contributed by atoms with E-state index in [-0.39, 0.29) is 0 Å². The molecule has 0 saturated carbocycles. The monoisotopic (exact) mass is 636 g/mol. The molecule has 8 aromatic carbocycles. The maximum Gasteiger partial charge on any atom is 0.161 e. The number of nitrogens with zero attached hydrogens (tertiary/aromatic N) is 4. The van der Waals surface area contributed by atoms with Crippen molar-refractivity contribution in [3.8, 4) is 45.3 Å². The second kappa shape index (κ2) is 11.4. The normalized spacial score (nSPS) is 11.6. The van der Waals surface area contributed by atoms with Crippen LogP contribution in [0.25, 0.3) is 99.4 Å². The Balaban J connectivity index is 1.12. The molecule has 0 radical (unpaired) electrons. The van der Waals surface area contributed by atoms with Crippen LogP contribution in [0.3, 0.4) is 0 Å². The van der Waals surface area contributed by atoms with E-state index >= 15 is 0 Å². The minimum atomic E-state index is 0.689. The van der Waals surface area contributed by atoms with Crippen molar-refractivity contribution in [2.45, 2.75) is 0 Å². The maximum atomic E-state index is 5.28. The zero-order valence-electron chi connectivity index (χ0n) is 27.0. The summed E-state index contributed by atoms with van der Waals surface area (Å²) in [5.41, 5.74) is 7.72. The Hall–Kier alpha value is -6.78. The average Bonchev–Trinajstić information content (AvgIpc) is 3.19. The van der Waals surface area contributed by atoms with E-state index in [4.69, 9.17) is 19.9 Å². The maximum absolute atomic E-state index is 5.28. The van der Waals surface area contributed by atoms with E-state index in [1.54, 1.807) is 0 Å². The number of para-hydroxylation sites is 2. The smallest absolute Gasteiger partial charge is 0.161 e. The molecule has 0 saturated heterocycles. The number of rotatable bonds is 4. The highest BCUT2D eigenvalue weighted by atomic mass is 14.9. The summed E-state index contributed by atoms with van der Waals surface area (Å²) >= 11 is 0. The Kier molecular flexibility index (Phi) is 6.46. The first-order valence-electron chi connectivity index (χ1n) is 16.8. The van der Waals surface area contributed by atoms with Gasteiger partial charge in [-0.1, -0.05) is 152 Å². The van der Waals surface area contributed by atoms with Gasteiger partial charge in [0.05, 0.1) is 22.4 Å². The lowest BCUT2D eigenvalue weighted by Gasteiger charge is -2.13. The first kappa shape index (κ1) is 28.3. The van der Waals surface area contributed by atoms with Crippen LogP contribution in [-0.4, -0.2) is 19.9 Å². The van der Waals surface area contributed by atoms with Gasteiger partial charge in [0, 0.05) is 33.0 Å². The molecule has 2 heterocycles. The first-order valence-corrected chi connectivity index (χ1v) is 16.8. The minimum absolute atomic E-state index is 0.689. The zero-order valence-corrected chi connectivity index (χ0v) is 27.0. The Morgan fingerprint density at radius 2 is 0.800 bits per heavy atom. The van der Waals surface area contributed by atoms with Crippen LogP contribution in [-0.2, 0) is 0 Å². The molecular formula is C46H28N4. The van der Waals surface area contributed by atoms with Gasteiger partial charge in [0.2, 0.25) is 0 Å². The molecule has 0 aliphatic rings. The van der Waals surface area contributed by atoms with Gasteiger partial charge in [-0.15, -0.1) is 0 Å². The molecule has 0 bridgehead atoms. The fraction of sp³-hybridized carbons (Fsp3) is 0. The summed E-state index contributed by atoms with van der Waals surface area (Å²) in [6, 6.07) is 59.1. The van der Waals surface area contributed by atoms with E-state index in [1.807, 2.05) is 18.2 Å². The van der Waals surface area contributed by atoms with Crippen molar-refractivity contribution in [2.24, 2.45) is 0 Å². The first-order chi connectivity index (χ1) is 24.8. The van der Waals surface area contributed by atoms with Crippen molar-refractivity contribution in [1.82, 2.24) is 19.9 Å². The molecule has 0 aliphatic heterocycles. The van der Waals surface area contributed by atoms with E-state index < -0.39 is 0 Å². The van der Waals surface area contributed by atoms with Crippen molar-refractivity contribution in [3.05, 3.63) is 170 Å². The summed E-state index contributed by atoms with van der Waals surface area (Å²) in [4.78, 5) is 20.6. The Morgan fingerprint density at radius 3 is 1.56 bits per heavy atom. The van der Waals surface area contributed by atoms with Gasteiger partial charge in [-0.3, -0.25) is 0 Å². The van der Waals surface area contributed by atoms with Gasteiger partial charge >= 0.3 is 0 Å². The van der Waals surface area contributed by atoms with Crippen LogP contribution in [0.4, 0.5) is 0 Å². The Bertz CT molecular complexity index is 2920. The highest BCUT2D eigenvalue weighted by Crippen LogP contribution is 2.37. The topological polar surface area (TPSA) is 51.6 Å². The lowest BCUT2D eigenvalue weighted by Crippen LogP contribution is -1.97. The van der Waals surface area contributed by atoms with Crippen molar-refractivity contribution in [3.63, 3.8) is 0 Å². The molecule has 4 nitrogen and oxygen atoms in total. The molecule has 10 aromatic rings. The molecular weight excluding hydrogens is 609 g/mol. The van der Waals surface area contributed by atoms with Crippen LogP contribution in [0.15, 0.2) is 170 Å². The highest BCUT2D eigenvalue weighted by Gasteiger charge is 2.17. The quantitative estimate of drug-likeness (QED) is 0.180. The van der Waals surface area contributed by atoms with Crippen LogP contribution < -0.4 is 0 Å². The van der Waals surface area contributed by atoms with Gasteiger partial charge in [0.1, 0.15) is 0 Å². The molecule has 0 fully saturated rings. The van der Waals surface area contributed by atoms with Crippen molar-refractivity contribution >= 4 is 54.1 Å². The van der Waals surface area contributed by atoms with Gasteiger partial charge in [0.25, 0.3) is 0 Å². The molecule has 0 atom stereocenters. The van der Waals surface area contributed by atoms with Crippen LogP contribution in [0.2, 0.25) is 0 Å². The summed E-state index contributed by atoms with van der Waals surface area (Å²) in [6.45, 7) is 0. The largest absolute Gasteiger partial charge is 0.228 e. The third-order valence-corrected chi connectivity index (χ3v) is 9.68. The minimum Gasteiger partial charge on any atom is -0.228 e. The second-order valence-corrected chi connectivity index (χ2v) is 12.6. The average molecular weight is 637 g/mol. The molecule has 0 aliphatic carbocycles. The van der Waals surface area contributed by atoms with Gasteiger partial charge in [-0.25, -0.2) is 19.9 Å². The molecule has 232 valence electrons. The third-order valence-electron chi connectivity index (χ3n) is 9.68. The second-order valence-electron chi connectivity index (χ2n) is 12.6. The van der Waals surface area contributed by atoms with Crippen LogP contribution in [0.1, 0.15) is 0 Å². The third kappa shape index (κ3) is 4.61. The standard InChI is InChI=1S/C46H28N4/c1-3-15-33-29(12-1)14-11-21-37(33)44-39-20-8-10-23-42(39)47-45(50-44)31-26-24-30(25-27-31)43-38-19-7-9-22-41(38)48-46(49-43)40-28-32-13-2-4-16-34(32)35-17-5-6-18-36(35)40/h1-28H. The number of hydrogen-bond donors (Lipinski definition) is 0. The fourth-order valence-corrected chi connectivity index (χ4v) is 7.28. The molecule has 10 rings (SSSR count). The van der Waals surface area contributed by atoms with Crippen LogP contribution >= 0.6 is 0 Å². The van der Waals surface area contributed by atoms with Crippen molar-refractivity contribution in [1.29, 1.82) is 0 Å². The SMILES string of the molecule is c1ccc2c(-c3nc(-c4ccc(-c5nc(-c6cc7ccccc7c7ccccc67)nc6ccccc56)cc4)nc4ccccc34)cccc2c1. The van der Waals surface area contributed by atoms with Gasteiger partial charge in [-0.05, 0) is 50.5 Å². The fourth-order valence-electron chi connectivity index (χ4n) is 7.28. The van der Waals surface area contributed by atoms with Gasteiger partial charge in [-0.2, -0.15) is 0 Å². The lowest BCUT2D eigenvalue weighted by atomic mass is 9.96. The van der Waals surface area contributed by atoms with Gasteiger partial charge in [0.15, 0.2) is 11.6 Å². The van der Waals surface area contributed by atoms with E-state index in [0.717, 1.165) is 60.8 Å². The summed E-state index contributed by atoms with van der Waals surface area (Å²) in [7, 11) is 0. The van der Waals surface area contributed by atoms with Crippen molar-refractivity contribution < 1.29 is 0 Å². The number of benzene rings is 8. The van der Waals surface area contributed by atoms with E-state index in [0.29, 0.717) is 11.6 Å². The predicted octanol–water partition coefficient (Wildman–Crippen LogP) is 11.7. The number of aromatic nitrogens is 4. The lowest BCUT2D eigenvalue weighted by molar-refractivity contribution is 1.22. The molecule has 0 amide bonds.